The summed E-state index contributed by atoms with van der Waals surface area (Å²) in [7, 11) is 0. The van der Waals surface area contributed by atoms with Gasteiger partial charge in [0.1, 0.15) is 5.75 Å². The number of nitrogens with one attached hydrogen (secondary N) is 2. The van der Waals surface area contributed by atoms with E-state index >= 15 is 0 Å². The Morgan fingerprint density at radius 2 is 2.29 bits per heavy atom. The van der Waals surface area contributed by atoms with Gasteiger partial charge >= 0.3 is 0 Å². The van der Waals surface area contributed by atoms with Gasteiger partial charge in [0.25, 0.3) is 0 Å². The number of fused-ring (bicyclic) bond motifs is 1. The van der Waals surface area contributed by atoms with Crippen molar-refractivity contribution < 1.29 is 14.3 Å². The van der Waals surface area contributed by atoms with Crippen LogP contribution in [0.1, 0.15) is 18.4 Å². The molecule has 116 valence electrons. The van der Waals surface area contributed by atoms with Crippen molar-refractivity contribution in [3.8, 4) is 5.75 Å². The number of hydrogen-bond donors (Lipinski definition) is 2. The second-order valence-electron chi connectivity index (χ2n) is 5.25. The van der Waals surface area contributed by atoms with E-state index in [9.17, 15) is 4.79 Å². The van der Waals surface area contributed by atoms with Crippen LogP contribution < -0.4 is 15.4 Å². The Bertz CT molecular complexity index is 490. The van der Waals surface area contributed by atoms with E-state index in [1.165, 1.54) is 5.56 Å². The number of anilines is 1. The predicted molar refractivity (Wildman–Crippen MR) is 83.4 cm³/mol. The fourth-order valence-corrected chi connectivity index (χ4v) is 2.62. The van der Waals surface area contributed by atoms with Gasteiger partial charge in [0.15, 0.2) is 0 Å². The highest BCUT2D eigenvalue weighted by molar-refractivity contribution is 5.91. The summed E-state index contributed by atoms with van der Waals surface area (Å²) in [5, 5.41) is 6.23. The van der Waals surface area contributed by atoms with Crippen LogP contribution in [-0.2, 0) is 16.0 Å². The number of rotatable bonds is 3. The molecule has 1 atom stereocenters. The van der Waals surface area contributed by atoms with Crippen LogP contribution >= 0.6 is 12.4 Å². The van der Waals surface area contributed by atoms with Gasteiger partial charge in [-0.1, -0.05) is 0 Å². The highest BCUT2D eigenvalue weighted by Gasteiger charge is 2.17. The minimum atomic E-state index is 0. The third-order valence-corrected chi connectivity index (χ3v) is 3.62. The molecule has 2 N–H and O–H groups in total. The lowest BCUT2D eigenvalue weighted by atomic mass is 10.1. The highest BCUT2D eigenvalue weighted by atomic mass is 35.5. The second kappa shape index (κ2) is 7.64. The molecule has 5 nitrogen and oxygen atoms in total. The largest absolute Gasteiger partial charge is 0.493 e. The number of carbonyl (C=O) groups excluding carboxylic acids is 1. The molecule has 2 aliphatic heterocycles. The first-order valence-corrected chi connectivity index (χ1v) is 7.18. The monoisotopic (exact) mass is 312 g/mol. The summed E-state index contributed by atoms with van der Waals surface area (Å²) in [6.07, 6.45) is 2.48. The van der Waals surface area contributed by atoms with Gasteiger partial charge < -0.3 is 20.1 Å². The van der Waals surface area contributed by atoms with Crippen LogP contribution in [0.15, 0.2) is 18.2 Å². The molecule has 0 saturated carbocycles. The Balaban J connectivity index is 0.00000161. The Morgan fingerprint density at radius 3 is 3.10 bits per heavy atom. The van der Waals surface area contributed by atoms with Crippen LogP contribution in [0.4, 0.5) is 5.69 Å². The summed E-state index contributed by atoms with van der Waals surface area (Å²) < 4.78 is 10.9. The van der Waals surface area contributed by atoms with Gasteiger partial charge in [-0.3, -0.25) is 4.79 Å². The van der Waals surface area contributed by atoms with Crippen LogP contribution in [0.3, 0.4) is 0 Å². The van der Waals surface area contributed by atoms with E-state index in [4.69, 9.17) is 9.47 Å². The Morgan fingerprint density at radius 1 is 1.38 bits per heavy atom. The van der Waals surface area contributed by atoms with Gasteiger partial charge in [0.2, 0.25) is 5.91 Å². The predicted octanol–water partition coefficient (Wildman–Crippen LogP) is 1.75. The van der Waals surface area contributed by atoms with Crippen LogP contribution in [0.2, 0.25) is 0 Å². The maximum atomic E-state index is 12.0. The van der Waals surface area contributed by atoms with Crippen molar-refractivity contribution in [1.29, 1.82) is 0 Å². The van der Waals surface area contributed by atoms with Gasteiger partial charge in [0.05, 0.1) is 19.8 Å². The van der Waals surface area contributed by atoms with Crippen LogP contribution in [0, 0.1) is 0 Å². The van der Waals surface area contributed by atoms with Crippen molar-refractivity contribution in [1.82, 2.24) is 5.32 Å². The van der Waals surface area contributed by atoms with Gasteiger partial charge in [-0.25, -0.2) is 0 Å². The zero-order valence-electron chi connectivity index (χ0n) is 11.9. The number of amides is 1. The quantitative estimate of drug-likeness (QED) is 0.893. The lowest BCUT2D eigenvalue weighted by Gasteiger charge is -2.23. The minimum Gasteiger partial charge on any atom is -0.493 e. The summed E-state index contributed by atoms with van der Waals surface area (Å²) >= 11 is 0. The fourth-order valence-electron chi connectivity index (χ4n) is 2.62. The smallest absolute Gasteiger partial charge is 0.226 e. The van der Waals surface area contributed by atoms with Crippen LogP contribution in [-0.4, -0.2) is 38.3 Å². The molecule has 1 unspecified atom stereocenters. The Labute approximate surface area is 130 Å². The molecule has 6 heteroatoms. The van der Waals surface area contributed by atoms with E-state index < -0.39 is 0 Å². The van der Waals surface area contributed by atoms with Crippen molar-refractivity contribution >= 4 is 24.0 Å². The third-order valence-electron chi connectivity index (χ3n) is 3.62. The average molecular weight is 313 g/mol. The molecule has 1 aromatic carbocycles. The minimum absolute atomic E-state index is 0. The van der Waals surface area contributed by atoms with E-state index in [0.29, 0.717) is 13.0 Å². The number of ether oxygens (including phenoxy) is 2. The molecule has 2 aliphatic rings. The van der Waals surface area contributed by atoms with Gasteiger partial charge in [-0.15, -0.1) is 12.4 Å². The molecule has 1 amide bonds. The maximum absolute atomic E-state index is 12.0. The molecule has 3 rings (SSSR count). The summed E-state index contributed by atoms with van der Waals surface area (Å²) in [5.41, 5.74) is 2.02. The summed E-state index contributed by atoms with van der Waals surface area (Å²) in [4.78, 5) is 12.0. The molecule has 2 heterocycles. The molecule has 0 radical (unpaired) electrons. The Hall–Kier alpha value is -1.30. The number of morpholine rings is 1. The third kappa shape index (κ3) is 4.33. The zero-order chi connectivity index (χ0) is 13.8. The van der Waals surface area contributed by atoms with Crippen molar-refractivity contribution in [2.45, 2.75) is 25.3 Å². The molecule has 0 aliphatic carbocycles. The lowest BCUT2D eigenvalue weighted by Crippen LogP contribution is -2.43. The van der Waals surface area contributed by atoms with Crippen molar-refractivity contribution in [3.63, 3.8) is 0 Å². The molecule has 0 aromatic heterocycles. The van der Waals surface area contributed by atoms with Gasteiger partial charge in [0, 0.05) is 24.7 Å². The standard InChI is InChI=1S/C15H20N2O3.ClH/c18-15(9-13-10-19-7-5-16-13)17-12-3-4-14-11(8-12)2-1-6-20-14;/h3-4,8,13,16H,1-2,5-7,9-10H2,(H,17,18);1H. The lowest BCUT2D eigenvalue weighted by molar-refractivity contribution is -0.117. The first kappa shape index (κ1) is 16.1. The number of benzene rings is 1. The van der Waals surface area contributed by atoms with E-state index in [2.05, 4.69) is 10.6 Å². The van der Waals surface area contributed by atoms with E-state index in [0.717, 1.165) is 44.0 Å². The molecule has 1 aromatic rings. The van der Waals surface area contributed by atoms with Crippen molar-refractivity contribution in [3.05, 3.63) is 23.8 Å². The molecule has 1 fully saturated rings. The number of halogens is 1. The van der Waals surface area contributed by atoms with E-state index in [1.807, 2.05) is 18.2 Å². The first-order valence-electron chi connectivity index (χ1n) is 7.18. The highest BCUT2D eigenvalue weighted by Crippen LogP contribution is 2.27. The van der Waals surface area contributed by atoms with Crippen molar-refractivity contribution in [2.75, 3.05) is 31.7 Å². The molecule has 1 saturated heterocycles. The van der Waals surface area contributed by atoms with Crippen LogP contribution in [0.25, 0.3) is 0 Å². The van der Waals surface area contributed by atoms with Gasteiger partial charge in [-0.05, 0) is 36.6 Å². The summed E-state index contributed by atoms with van der Waals surface area (Å²) in [6, 6.07) is 5.96. The molecule has 0 spiro atoms. The van der Waals surface area contributed by atoms with Crippen molar-refractivity contribution in [2.24, 2.45) is 0 Å². The fraction of sp³-hybridized carbons (Fsp3) is 0.533. The average Bonchev–Trinajstić information content (AvgIpc) is 2.48. The molecule has 21 heavy (non-hydrogen) atoms. The number of hydrogen-bond acceptors (Lipinski definition) is 4. The molecular formula is C15H21ClN2O3. The van der Waals surface area contributed by atoms with E-state index in [1.54, 1.807) is 0 Å². The van der Waals surface area contributed by atoms with Gasteiger partial charge in [-0.2, -0.15) is 0 Å². The normalized spacial score (nSPS) is 20.7. The Kier molecular flexibility index (Phi) is 5.85. The summed E-state index contributed by atoms with van der Waals surface area (Å²) in [5.74, 6) is 0.960. The molecule has 0 bridgehead atoms. The number of aryl methyl sites for hydroxylation is 1. The molecular weight excluding hydrogens is 292 g/mol. The number of carbonyl (C=O) groups is 1. The first-order chi connectivity index (χ1) is 9.81. The van der Waals surface area contributed by atoms with Crippen LogP contribution in [0.5, 0.6) is 5.75 Å². The maximum Gasteiger partial charge on any atom is 0.226 e. The van der Waals surface area contributed by atoms with E-state index in [-0.39, 0.29) is 24.4 Å². The topological polar surface area (TPSA) is 59.6 Å². The SMILES string of the molecule is Cl.O=C(CC1COCCN1)Nc1ccc2c(c1)CCCO2. The zero-order valence-corrected chi connectivity index (χ0v) is 12.7. The summed E-state index contributed by atoms with van der Waals surface area (Å²) in [6.45, 7) is 2.93. The second-order valence-corrected chi connectivity index (χ2v) is 5.25.